The Balaban J connectivity index is 2.37. The molecule has 2 aromatic rings. The van der Waals surface area contributed by atoms with Crippen molar-refractivity contribution >= 4 is 57.8 Å². The molecule has 0 fully saturated rings. The first kappa shape index (κ1) is 19.7. The van der Waals surface area contributed by atoms with Gasteiger partial charge < -0.3 is 0 Å². The summed E-state index contributed by atoms with van der Waals surface area (Å²) < 4.78 is -4.33. The lowest BCUT2D eigenvalue weighted by molar-refractivity contribution is 0.522. The zero-order valence-corrected chi connectivity index (χ0v) is 16.6. The number of rotatable bonds is 2. The predicted octanol–water partition coefficient (Wildman–Crippen LogP) is 5.27. The van der Waals surface area contributed by atoms with Crippen molar-refractivity contribution in [2.45, 2.75) is 8.67 Å². The third-order valence-corrected chi connectivity index (χ3v) is 6.07. The molecule has 1 heterocycles. The molecule has 0 amide bonds. The molecule has 0 radical (unpaired) electrons. The van der Waals surface area contributed by atoms with Crippen LogP contribution in [0.2, 0.25) is 0 Å². The highest BCUT2D eigenvalue weighted by Crippen LogP contribution is 2.56. The minimum Gasteiger partial charge on any atom is -0.196 e. The number of benzene rings is 2. The van der Waals surface area contributed by atoms with Crippen LogP contribution >= 0.6 is 46.4 Å². The summed E-state index contributed by atoms with van der Waals surface area (Å²) in [6.07, 6.45) is 0. The molecule has 1 aliphatic heterocycles. The van der Waals surface area contributed by atoms with Crippen LogP contribution < -0.4 is 0 Å². The van der Waals surface area contributed by atoms with Gasteiger partial charge in [0.05, 0.1) is 12.1 Å². The fourth-order valence-corrected chi connectivity index (χ4v) is 4.44. The highest BCUT2D eigenvalue weighted by Gasteiger charge is 2.69. The average molecular weight is 436 g/mol. The van der Waals surface area contributed by atoms with Crippen molar-refractivity contribution in [3.63, 3.8) is 0 Å². The van der Waals surface area contributed by atoms with Crippen molar-refractivity contribution in [3.05, 3.63) is 71.8 Å². The Kier molecular flexibility index (Phi) is 5.21. The molecule has 0 aliphatic carbocycles. The van der Waals surface area contributed by atoms with Gasteiger partial charge in [0.25, 0.3) is 0 Å². The van der Waals surface area contributed by atoms with Gasteiger partial charge >= 0.3 is 0 Å². The minimum absolute atomic E-state index is 0.00568. The van der Waals surface area contributed by atoms with Gasteiger partial charge in [-0.15, -0.1) is 0 Å². The molecule has 0 bridgehead atoms. The van der Waals surface area contributed by atoms with Crippen LogP contribution in [0.3, 0.4) is 0 Å². The highest BCUT2D eigenvalue weighted by molar-refractivity contribution is 6.67. The first-order valence-corrected chi connectivity index (χ1v) is 9.18. The van der Waals surface area contributed by atoms with Crippen LogP contribution in [0.4, 0.5) is 0 Å². The lowest BCUT2D eigenvalue weighted by atomic mass is 9.76. The zero-order valence-electron chi connectivity index (χ0n) is 13.6. The molecule has 0 saturated heterocycles. The van der Waals surface area contributed by atoms with Crippen molar-refractivity contribution in [2.75, 3.05) is 0 Å². The third-order valence-electron chi connectivity index (χ3n) is 4.22. The van der Waals surface area contributed by atoms with Crippen LogP contribution in [0.5, 0.6) is 0 Å². The summed E-state index contributed by atoms with van der Waals surface area (Å²) in [6.45, 7) is 0. The molecule has 8 heteroatoms. The quantitative estimate of drug-likeness (QED) is 0.602. The molecule has 0 spiro atoms. The molecular weight excluding hydrogens is 426 g/mol. The van der Waals surface area contributed by atoms with Crippen molar-refractivity contribution in [1.82, 2.24) is 0 Å². The minimum atomic E-state index is -2.30. The fraction of sp³-hybridized carbons (Fsp3) is 0.158. The van der Waals surface area contributed by atoms with E-state index in [1.165, 1.54) is 0 Å². The van der Waals surface area contributed by atoms with Crippen LogP contribution in [-0.4, -0.2) is 20.1 Å². The fourth-order valence-electron chi connectivity index (χ4n) is 2.75. The molecule has 0 unspecified atom stereocenters. The first-order valence-electron chi connectivity index (χ1n) is 7.67. The highest BCUT2D eigenvalue weighted by atomic mass is 35.5. The maximum atomic E-state index is 9.95. The maximum absolute atomic E-state index is 9.95. The largest absolute Gasteiger partial charge is 0.220 e. The third kappa shape index (κ3) is 2.90. The van der Waals surface area contributed by atoms with Gasteiger partial charge in [-0.2, -0.15) is 20.7 Å². The summed E-state index contributed by atoms with van der Waals surface area (Å²) in [7, 11) is 0. The molecule has 0 saturated carbocycles. The lowest BCUT2D eigenvalue weighted by Crippen LogP contribution is -2.56. The summed E-state index contributed by atoms with van der Waals surface area (Å²) in [6, 6.07) is 21.0. The average Bonchev–Trinajstić information content (AvgIpc) is 2.73. The SMILES string of the molecule is N#CC1(C#N)C(Cl)(Cl)C(c2ccccc2)=NN=C(c2ccccc2)C1(Cl)Cl. The molecule has 3 rings (SSSR count). The summed E-state index contributed by atoms with van der Waals surface area (Å²) in [4.78, 5) is 0. The molecule has 0 aromatic heterocycles. The Morgan fingerprint density at radius 1 is 0.630 bits per heavy atom. The van der Waals surface area contributed by atoms with Gasteiger partial charge in [-0.1, -0.05) is 107 Å². The van der Waals surface area contributed by atoms with Crippen molar-refractivity contribution < 1.29 is 0 Å². The van der Waals surface area contributed by atoms with Gasteiger partial charge in [-0.05, 0) is 0 Å². The van der Waals surface area contributed by atoms with E-state index in [-0.39, 0.29) is 11.4 Å². The maximum Gasteiger partial charge on any atom is 0.220 e. The Morgan fingerprint density at radius 2 is 0.963 bits per heavy atom. The van der Waals surface area contributed by atoms with E-state index >= 15 is 0 Å². The second-order valence-corrected chi connectivity index (χ2v) is 8.41. The van der Waals surface area contributed by atoms with Crippen molar-refractivity contribution in [1.29, 1.82) is 10.5 Å². The van der Waals surface area contributed by atoms with E-state index in [1.807, 2.05) is 12.1 Å². The normalized spacial score (nSPS) is 19.6. The topological polar surface area (TPSA) is 72.3 Å². The Hall–Kier alpha value is -2.08. The van der Waals surface area contributed by atoms with Gasteiger partial charge in [-0.25, -0.2) is 0 Å². The van der Waals surface area contributed by atoms with Gasteiger partial charge in [-0.3, -0.25) is 0 Å². The second kappa shape index (κ2) is 7.15. The summed E-state index contributed by atoms with van der Waals surface area (Å²) in [5.74, 6) is 0. The Morgan fingerprint density at radius 3 is 1.26 bits per heavy atom. The summed E-state index contributed by atoms with van der Waals surface area (Å²) >= 11 is 26.3. The van der Waals surface area contributed by atoms with Crippen LogP contribution in [0, 0.1) is 28.1 Å². The monoisotopic (exact) mass is 434 g/mol. The van der Waals surface area contributed by atoms with E-state index in [4.69, 9.17) is 46.4 Å². The van der Waals surface area contributed by atoms with Crippen LogP contribution in [0.1, 0.15) is 11.1 Å². The van der Waals surface area contributed by atoms with E-state index in [1.54, 1.807) is 60.7 Å². The van der Waals surface area contributed by atoms with Gasteiger partial charge in [0.15, 0.2) is 8.67 Å². The van der Waals surface area contributed by atoms with Gasteiger partial charge in [0.2, 0.25) is 5.41 Å². The molecule has 27 heavy (non-hydrogen) atoms. The molecule has 4 nitrogen and oxygen atoms in total. The Labute approximate surface area is 176 Å². The number of hydrogen-bond acceptors (Lipinski definition) is 4. The molecule has 0 atom stereocenters. The summed E-state index contributed by atoms with van der Waals surface area (Å²) in [5.41, 5.74) is -1.32. The van der Waals surface area contributed by atoms with Gasteiger partial charge in [0.1, 0.15) is 11.4 Å². The van der Waals surface area contributed by atoms with Crippen LogP contribution in [0.15, 0.2) is 70.9 Å². The Bertz CT molecular complexity index is 916. The summed E-state index contributed by atoms with van der Waals surface area (Å²) in [5, 5.41) is 28.2. The number of nitrogens with zero attached hydrogens (tertiary/aromatic N) is 4. The molecule has 0 N–H and O–H groups in total. The number of hydrogen-bond donors (Lipinski definition) is 0. The lowest BCUT2D eigenvalue weighted by Gasteiger charge is -2.39. The molecule has 1 aliphatic rings. The standard InChI is InChI=1S/C19H10Cl4N4/c20-18(21)15(13-7-3-1-4-8-13)26-27-16(14-9-5-2-6-10-14)19(22,23)17(18,11-24)12-25/h1-10H. The first-order chi connectivity index (χ1) is 12.8. The zero-order chi connectivity index (χ0) is 19.7. The smallest absolute Gasteiger partial charge is 0.196 e. The molecule has 2 aromatic carbocycles. The van der Waals surface area contributed by atoms with Gasteiger partial charge in [0, 0.05) is 11.1 Å². The van der Waals surface area contributed by atoms with Crippen LogP contribution in [-0.2, 0) is 0 Å². The van der Waals surface area contributed by atoms with E-state index < -0.39 is 14.1 Å². The van der Waals surface area contributed by atoms with E-state index in [0.717, 1.165) is 0 Å². The number of nitriles is 2. The number of halogens is 4. The van der Waals surface area contributed by atoms with E-state index in [0.29, 0.717) is 11.1 Å². The molecule has 134 valence electrons. The van der Waals surface area contributed by atoms with E-state index in [9.17, 15) is 10.5 Å². The number of alkyl halides is 4. The predicted molar refractivity (Wildman–Crippen MR) is 108 cm³/mol. The van der Waals surface area contributed by atoms with Crippen LogP contribution in [0.25, 0.3) is 0 Å². The van der Waals surface area contributed by atoms with E-state index in [2.05, 4.69) is 10.2 Å². The van der Waals surface area contributed by atoms with Crippen molar-refractivity contribution in [3.8, 4) is 12.1 Å². The molecular formula is C19H10Cl4N4. The van der Waals surface area contributed by atoms with Crippen molar-refractivity contribution in [2.24, 2.45) is 15.6 Å². The second-order valence-electron chi connectivity index (χ2n) is 5.75.